The zero-order chi connectivity index (χ0) is 16.4. The molecule has 5 heteroatoms. The average molecular weight is 307 g/mol. The van der Waals surface area contributed by atoms with Gasteiger partial charge in [-0.1, -0.05) is 12.1 Å². The first-order valence-corrected chi connectivity index (χ1v) is 7.26. The number of aryl methyl sites for hydroxylation is 2. The van der Waals surface area contributed by atoms with E-state index in [9.17, 15) is 4.79 Å². The fraction of sp³-hybridized carbons (Fsp3) is 0.167. The Morgan fingerprint density at radius 1 is 1.13 bits per heavy atom. The summed E-state index contributed by atoms with van der Waals surface area (Å²) in [7, 11) is 1.55. The van der Waals surface area contributed by atoms with Crippen molar-refractivity contribution in [1.82, 2.24) is 9.97 Å². The first-order valence-electron chi connectivity index (χ1n) is 7.26. The number of amides is 1. The Balaban J connectivity index is 1.90. The summed E-state index contributed by atoms with van der Waals surface area (Å²) in [5, 5.41) is 3.77. The van der Waals surface area contributed by atoms with E-state index < -0.39 is 0 Å². The summed E-state index contributed by atoms with van der Waals surface area (Å²) in [5.74, 6) is 0.298. The molecule has 0 aliphatic carbocycles. The van der Waals surface area contributed by atoms with Gasteiger partial charge < -0.3 is 10.1 Å². The number of hydrogen-bond donors (Lipinski definition) is 1. The maximum atomic E-state index is 12.5. The Morgan fingerprint density at radius 3 is 2.65 bits per heavy atom. The van der Waals surface area contributed by atoms with Gasteiger partial charge in [0.25, 0.3) is 5.91 Å². The number of anilines is 1. The number of ether oxygens (including phenoxy) is 1. The Bertz CT molecular complexity index is 873. The smallest absolute Gasteiger partial charge is 0.257 e. The van der Waals surface area contributed by atoms with Gasteiger partial charge in [0, 0.05) is 11.5 Å². The van der Waals surface area contributed by atoms with Gasteiger partial charge in [0.2, 0.25) is 5.88 Å². The maximum Gasteiger partial charge on any atom is 0.257 e. The van der Waals surface area contributed by atoms with Crippen LogP contribution in [-0.2, 0) is 0 Å². The van der Waals surface area contributed by atoms with Gasteiger partial charge >= 0.3 is 0 Å². The second kappa shape index (κ2) is 6.04. The quantitative estimate of drug-likeness (QED) is 0.804. The molecule has 0 fully saturated rings. The van der Waals surface area contributed by atoms with Gasteiger partial charge in [0.05, 0.1) is 35.8 Å². The van der Waals surface area contributed by atoms with Crippen molar-refractivity contribution in [1.29, 1.82) is 0 Å². The molecule has 1 N–H and O–H groups in total. The minimum absolute atomic E-state index is 0.204. The van der Waals surface area contributed by atoms with Crippen molar-refractivity contribution in [2.75, 3.05) is 12.4 Å². The zero-order valence-corrected chi connectivity index (χ0v) is 13.3. The summed E-state index contributed by atoms with van der Waals surface area (Å²) in [6, 6.07) is 11.3. The molecule has 0 aliphatic heterocycles. The fourth-order valence-corrected chi connectivity index (χ4v) is 2.38. The molecule has 0 atom stereocenters. The summed E-state index contributed by atoms with van der Waals surface area (Å²) < 4.78 is 5.00. The number of carbonyl (C=O) groups is 1. The van der Waals surface area contributed by atoms with E-state index in [1.165, 1.54) is 0 Å². The number of hydrogen-bond acceptors (Lipinski definition) is 4. The highest BCUT2D eigenvalue weighted by molar-refractivity contribution is 6.06. The number of pyridine rings is 2. The van der Waals surface area contributed by atoms with E-state index in [0.29, 0.717) is 22.8 Å². The fourth-order valence-electron chi connectivity index (χ4n) is 2.38. The summed E-state index contributed by atoms with van der Waals surface area (Å²) in [4.78, 5) is 21.1. The molecular weight excluding hydrogens is 290 g/mol. The molecule has 1 amide bonds. The summed E-state index contributed by atoms with van der Waals surface area (Å²) in [5.41, 5.74) is 3.90. The lowest BCUT2D eigenvalue weighted by Gasteiger charge is -2.09. The third kappa shape index (κ3) is 3.13. The minimum atomic E-state index is -0.204. The molecule has 0 aliphatic rings. The van der Waals surface area contributed by atoms with Crippen LogP contribution in [0.5, 0.6) is 5.88 Å². The Hall–Kier alpha value is -2.95. The van der Waals surface area contributed by atoms with Gasteiger partial charge in [-0.15, -0.1) is 0 Å². The van der Waals surface area contributed by atoms with Crippen molar-refractivity contribution < 1.29 is 9.53 Å². The van der Waals surface area contributed by atoms with Crippen LogP contribution in [0.2, 0.25) is 0 Å². The lowest BCUT2D eigenvalue weighted by atomic mass is 10.1. The van der Waals surface area contributed by atoms with Crippen LogP contribution in [0.3, 0.4) is 0 Å². The molecule has 0 bridgehead atoms. The molecule has 5 nitrogen and oxygen atoms in total. The van der Waals surface area contributed by atoms with Crippen molar-refractivity contribution in [2.45, 2.75) is 13.8 Å². The molecule has 0 saturated heterocycles. The number of aromatic nitrogens is 2. The number of rotatable bonds is 3. The largest absolute Gasteiger partial charge is 0.481 e. The van der Waals surface area contributed by atoms with Crippen molar-refractivity contribution in [3.63, 3.8) is 0 Å². The number of nitrogens with one attached hydrogen (secondary N) is 1. The molecule has 0 saturated carbocycles. The highest BCUT2D eigenvalue weighted by Crippen LogP contribution is 2.19. The summed E-state index contributed by atoms with van der Waals surface area (Å²) in [6.07, 6.45) is 1.56. The molecule has 1 aromatic carbocycles. The van der Waals surface area contributed by atoms with Gasteiger partial charge in [-0.25, -0.2) is 4.98 Å². The zero-order valence-electron chi connectivity index (χ0n) is 13.3. The molecule has 2 heterocycles. The highest BCUT2D eigenvalue weighted by atomic mass is 16.5. The van der Waals surface area contributed by atoms with Crippen molar-refractivity contribution in [2.24, 2.45) is 0 Å². The van der Waals surface area contributed by atoms with Crippen LogP contribution in [0, 0.1) is 13.8 Å². The first kappa shape index (κ1) is 15.0. The first-order chi connectivity index (χ1) is 11.1. The minimum Gasteiger partial charge on any atom is -0.481 e. The van der Waals surface area contributed by atoms with Gasteiger partial charge in [-0.2, -0.15) is 0 Å². The van der Waals surface area contributed by atoms with Crippen molar-refractivity contribution in [3.05, 3.63) is 59.4 Å². The second-order valence-electron chi connectivity index (χ2n) is 5.36. The Labute approximate surface area is 134 Å². The van der Waals surface area contributed by atoms with Crippen LogP contribution >= 0.6 is 0 Å². The monoisotopic (exact) mass is 307 g/mol. The molecule has 0 unspecified atom stereocenters. The van der Waals surface area contributed by atoms with Gasteiger partial charge in [-0.05, 0) is 37.6 Å². The van der Waals surface area contributed by atoms with Crippen LogP contribution in [0.1, 0.15) is 21.6 Å². The number of benzene rings is 1. The van der Waals surface area contributed by atoms with Crippen LogP contribution < -0.4 is 10.1 Å². The number of fused-ring (bicyclic) bond motifs is 1. The summed E-state index contributed by atoms with van der Waals surface area (Å²) in [6.45, 7) is 3.86. The lowest BCUT2D eigenvalue weighted by molar-refractivity contribution is 0.102. The molecule has 116 valence electrons. The van der Waals surface area contributed by atoms with E-state index in [1.54, 1.807) is 25.4 Å². The normalized spacial score (nSPS) is 10.6. The third-order valence-electron chi connectivity index (χ3n) is 3.61. The third-order valence-corrected chi connectivity index (χ3v) is 3.61. The van der Waals surface area contributed by atoms with Crippen molar-refractivity contribution >= 4 is 22.5 Å². The van der Waals surface area contributed by atoms with Gasteiger partial charge in [0.15, 0.2) is 0 Å². The van der Waals surface area contributed by atoms with Crippen LogP contribution in [0.25, 0.3) is 10.9 Å². The van der Waals surface area contributed by atoms with Crippen LogP contribution in [0.15, 0.2) is 42.6 Å². The molecule has 3 rings (SSSR count). The summed E-state index contributed by atoms with van der Waals surface area (Å²) >= 11 is 0. The Kier molecular flexibility index (Phi) is 3.93. The van der Waals surface area contributed by atoms with Gasteiger partial charge in [0.1, 0.15) is 0 Å². The van der Waals surface area contributed by atoms with Crippen molar-refractivity contribution in [3.8, 4) is 5.88 Å². The molecule has 23 heavy (non-hydrogen) atoms. The molecule has 0 spiro atoms. The predicted octanol–water partition coefficient (Wildman–Crippen LogP) is 3.51. The maximum absolute atomic E-state index is 12.5. The van der Waals surface area contributed by atoms with E-state index in [-0.39, 0.29) is 5.91 Å². The number of methoxy groups -OCH3 is 1. The highest BCUT2D eigenvalue weighted by Gasteiger charge is 2.12. The van der Waals surface area contributed by atoms with E-state index in [4.69, 9.17) is 4.74 Å². The van der Waals surface area contributed by atoms with E-state index in [0.717, 1.165) is 16.5 Å². The predicted molar refractivity (Wildman–Crippen MR) is 90.0 cm³/mol. The lowest BCUT2D eigenvalue weighted by Crippen LogP contribution is -2.14. The standard InChI is InChI=1S/C18H17N3O2/c1-11-4-5-13-9-15(12(2)20-16(13)8-11)18(22)21-14-6-7-17(23-3)19-10-14/h4-10H,1-3H3,(H,21,22). The van der Waals surface area contributed by atoms with Crippen LogP contribution in [-0.4, -0.2) is 23.0 Å². The molecule has 0 radical (unpaired) electrons. The molecular formula is C18H17N3O2. The second-order valence-corrected chi connectivity index (χ2v) is 5.36. The molecule has 3 aromatic rings. The van der Waals surface area contributed by atoms with E-state index in [1.807, 2.05) is 38.1 Å². The van der Waals surface area contributed by atoms with E-state index in [2.05, 4.69) is 15.3 Å². The molecule has 2 aromatic heterocycles. The Morgan fingerprint density at radius 2 is 1.96 bits per heavy atom. The SMILES string of the molecule is COc1ccc(NC(=O)c2cc3ccc(C)cc3nc2C)cn1. The van der Waals surface area contributed by atoms with E-state index >= 15 is 0 Å². The number of nitrogens with zero attached hydrogens (tertiary/aromatic N) is 2. The number of carbonyl (C=O) groups excluding carboxylic acids is 1. The van der Waals surface area contributed by atoms with Gasteiger partial charge in [-0.3, -0.25) is 9.78 Å². The topological polar surface area (TPSA) is 64.1 Å². The average Bonchev–Trinajstić information content (AvgIpc) is 2.54. The van der Waals surface area contributed by atoms with Crippen LogP contribution in [0.4, 0.5) is 5.69 Å².